The van der Waals surface area contributed by atoms with Crippen LogP contribution >= 0.6 is 0 Å². The van der Waals surface area contributed by atoms with Gasteiger partial charge in [-0.3, -0.25) is 14.4 Å². The molecule has 0 radical (unpaired) electrons. The van der Waals surface area contributed by atoms with Crippen molar-refractivity contribution < 1.29 is 178 Å². The Hall–Kier alpha value is -3.62. The van der Waals surface area contributed by atoms with E-state index in [9.17, 15) is 121 Å². The molecule has 39 nitrogen and oxygen atoms in total. The molecule has 0 saturated carbocycles. The molecule has 6 saturated heterocycles. The van der Waals surface area contributed by atoms with Crippen LogP contribution in [0.4, 0.5) is 0 Å². The fraction of sp³-hybridized carbons (Fsp3) is 0.928. The molecular weight excluding hydrogens is 1610 g/mol. The number of carboxylic acid groups (broad SMARTS) is 1. The molecule has 0 aliphatic carbocycles. The Bertz CT molecular complexity index is 2910. The molecule has 0 aromatic carbocycles. The lowest BCUT2D eigenvalue weighted by molar-refractivity contribution is -0.394. The summed E-state index contributed by atoms with van der Waals surface area (Å²) in [7, 11) is 0. The number of ether oxygens (including phenoxy) is 12. The first-order chi connectivity index (χ1) is 58.5. The van der Waals surface area contributed by atoms with Gasteiger partial charge in [-0.25, -0.2) is 4.79 Å². The third-order valence-corrected chi connectivity index (χ3v) is 23.7. The molecule has 0 spiro atoms. The molecule has 712 valence electrons. The van der Waals surface area contributed by atoms with Crippen molar-refractivity contribution in [1.29, 1.82) is 0 Å². The van der Waals surface area contributed by atoms with Crippen molar-refractivity contribution in [3.8, 4) is 0 Å². The van der Waals surface area contributed by atoms with E-state index in [-0.39, 0.29) is 12.3 Å². The first kappa shape index (κ1) is 107. The minimum atomic E-state index is -3.22. The maximum atomic E-state index is 13.6. The van der Waals surface area contributed by atoms with Crippen LogP contribution in [-0.2, 0) is 76.0 Å². The molecule has 12 unspecified atom stereocenters. The number of aliphatic carboxylic acids is 1. The first-order valence-electron chi connectivity index (χ1n) is 44.6. The van der Waals surface area contributed by atoms with Crippen LogP contribution in [0, 0.1) is 0 Å². The molecule has 33 atom stereocenters. The summed E-state index contributed by atoms with van der Waals surface area (Å²) in [4.78, 5) is 51.9. The smallest absolute Gasteiger partial charge is 0.364 e. The highest BCUT2D eigenvalue weighted by Gasteiger charge is 2.62. The predicted octanol–water partition coefficient (Wildman–Crippen LogP) is -1.66. The minimum Gasteiger partial charge on any atom is -0.477 e. The third kappa shape index (κ3) is 32.5. The highest BCUT2D eigenvalue weighted by atomic mass is 16.8. The Morgan fingerprint density at radius 1 is 0.426 bits per heavy atom. The van der Waals surface area contributed by atoms with E-state index < -0.39 is 272 Å². The number of carbonyl (C=O) groups is 4. The Labute approximate surface area is 714 Å². The van der Waals surface area contributed by atoms with Gasteiger partial charge in [-0.15, -0.1) is 0 Å². The monoisotopic (exact) mass is 1760 g/mol. The number of amides is 3. The summed E-state index contributed by atoms with van der Waals surface area (Å²) in [6.45, 7) is -0.638. The summed E-state index contributed by atoms with van der Waals surface area (Å²) in [6, 6.07) is -4.71. The Morgan fingerprint density at radius 3 is 1.21 bits per heavy atom. The first-order valence-corrected chi connectivity index (χ1v) is 44.6. The van der Waals surface area contributed by atoms with Gasteiger partial charge in [-0.05, 0) is 19.3 Å². The van der Waals surface area contributed by atoms with Gasteiger partial charge >= 0.3 is 5.97 Å². The van der Waals surface area contributed by atoms with Crippen LogP contribution in [0.15, 0.2) is 12.2 Å². The van der Waals surface area contributed by atoms with Crippen LogP contribution in [0.5, 0.6) is 0 Å². The zero-order valence-electron chi connectivity index (χ0n) is 71.4. The Kier molecular flexibility index (Phi) is 49.8. The minimum absolute atomic E-state index is 0.162. The van der Waals surface area contributed by atoms with Crippen LogP contribution in [0.2, 0.25) is 0 Å². The van der Waals surface area contributed by atoms with Crippen LogP contribution in [0.3, 0.4) is 0 Å². The van der Waals surface area contributed by atoms with Crippen molar-refractivity contribution in [2.24, 2.45) is 0 Å². The number of carboxylic acids is 1. The highest BCUT2D eigenvalue weighted by molar-refractivity contribution is 5.77. The number of aliphatic hydroxyl groups is 19. The van der Waals surface area contributed by atoms with Crippen molar-refractivity contribution in [3.63, 3.8) is 0 Å². The fourth-order valence-electron chi connectivity index (χ4n) is 16.5. The van der Waals surface area contributed by atoms with Gasteiger partial charge in [0.2, 0.25) is 17.7 Å². The van der Waals surface area contributed by atoms with Crippen LogP contribution in [0.25, 0.3) is 0 Å². The molecule has 3 amide bonds. The van der Waals surface area contributed by atoms with Gasteiger partial charge in [0.15, 0.2) is 31.5 Å². The third-order valence-electron chi connectivity index (χ3n) is 23.7. The topological polar surface area (TPSA) is 620 Å². The lowest BCUT2D eigenvalue weighted by atomic mass is 9.88. The largest absolute Gasteiger partial charge is 0.477 e. The number of carbonyl (C=O) groups excluding carboxylic acids is 3. The van der Waals surface area contributed by atoms with E-state index >= 15 is 0 Å². The number of allylic oxidation sites excluding steroid dienone is 1. The number of hydrogen-bond donors (Lipinski definition) is 23. The molecule has 0 aromatic rings. The molecule has 6 aliphatic rings. The lowest BCUT2D eigenvalue weighted by Crippen LogP contribution is -2.71. The van der Waals surface area contributed by atoms with Gasteiger partial charge in [0, 0.05) is 26.7 Å². The van der Waals surface area contributed by atoms with Gasteiger partial charge in [0.1, 0.15) is 140 Å². The maximum Gasteiger partial charge on any atom is 0.364 e. The standard InChI is InChI=1S/C83H149N3O36/c1-5-7-9-11-13-15-17-19-20-21-22-23-24-26-28-30-32-34-36-38-58(98)86-49(50(95)37-35-33-31-29-27-25-18-16-14-12-10-8-6-2)46-111-78-67(105)66(104)72(57(45-92)116-78)118-79-69(107)75(63(101)54(42-89)112-79)120-80-68(106)74(62(100)53(41-88)113-80)119-77-60(85-48(4)94)65(103)71(56(44-91)115-77)117-81-70(108)76(64(102)55(43-90)114-81)122-83(82(109)110)39-51(96)59(84-47(3)93)73(121-83)61(99)52(97)40-87/h35,37,49-57,59-81,87-92,95-97,99-108H,5-34,36,38-46H2,1-4H3,(H,84,93)(H,85,94)(H,86,98)(H,109,110)/b37-35+/t49-,50+,51?,52+,53?,54?,55?,56?,57?,59+,60?,61+,62-,63-,64-,65+,66+,67?,68?,69?,70?,71+,72+,73?,74-,75-,76-,77-,78+,79-,80+,81-,83-/m0/s1. The average molecular weight is 1770 g/mol. The Morgan fingerprint density at radius 2 is 0.795 bits per heavy atom. The second kappa shape index (κ2) is 56.7. The van der Waals surface area contributed by atoms with Gasteiger partial charge in [0.05, 0.1) is 70.5 Å². The SMILES string of the molecule is CCCCCCCCCCCCC/C=C/[C@@H](O)[C@H](CO[C@@H]1OC(CO)[C@@H](O[C@@H]2OC(CO)[C@H](O)[C@H](O[C@H]3OC(CO)[C@H](O)[C@H](O[C@@H]4OC(CO)[C@@H](O[C@@H]5OC(CO)[C@H](O)[C@H](O[C@]6(C(=O)O)CC(O)[C@@H](NC(C)=O)C([C@H](O)[C@H](O)CO)O6)C5O)[C@H](O)C4NC(C)=O)C3O)C2O)[C@H](O)C1O)NC(=O)CCCCCCCCCCCCCCCCCCCCC. The zero-order valence-corrected chi connectivity index (χ0v) is 71.4. The molecule has 6 rings (SSSR count). The van der Waals surface area contributed by atoms with Gasteiger partial charge < -0.3 is 175 Å². The second-order valence-corrected chi connectivity index (χ2v) is 33.5. The van der Waals surface area contributed by atoms with Crippen molar-refractivity contribution in [1.82, 2.24) is 16.0 Å². The zero-order chi connectivity index (χ0) is 89.6. The molecule has 6 heterocycles. The van der Waals surface area contributed by atoms with Crippen molar-refractivity contribution in [2.75, 3.05) is 46.2 Å². The molecule has 0 aromatic heterocycles. The van der Waals surface area contributed by atoms with Crippen molar-refractivity contribution >= 4 is 23.7 Å². The average Bonchev–Trinajstić information content (AvgIpc) is 0.748. The molecule has 122 heavy (non-hydrogen) atoms. The number of aliphatic hydroxyl groups excluding tert-OH is 19. The van der Waals surface area contributed by atoms with E-state index in [1.54, 1.807) is 6.08 Å². The molecule has 6 fully saturated rings. The van der Waals surface area contributed by atoms with Gasteiger partial charge in [-0.2, -0.15) is 0 Å². The van der Waals surface area contributed by atoms with Gasteiger partial charge in [0.25, 0.3) is 5.79 Å². The summed E-state index contributed by atoms with van der Waals surface area (Å²) in [6.07, 6.45) is -20.8. The fourth-order valence-corrected chi connectivity index (χ4v) is 16.5. The van der Waals surface area contributed by atoms with E-state index in [2.05, 4.69) is 29.8 Å². The number of rotatable bonds is 59. The van der Waals surface area contributed by atoms with Crippen LogP contribution < -0.4 is 16.0 Å². The summed E-state index contributed by atoms with van der Waals surface area (Å²) in [5.74, 6) is -7.44. The van der Waals surface area contributed by atoms with E-state index in [0.717, 1.165) is 65.2 Å². The maximum absolute atomic E-state index is 13.6. The number of hydrogen-bond acceptors (Lipinski definition) is 35. The molecule has 23 N–H and O–H groups in total. The molecular formula is C83H149N3O36. The summed E-state index contributed by atoms with van der Waals surface area (Å²) in [5, 5.41) is 231. The lowest BCUT2D eigenvalue weighted by Gasteiger charge is -2.51. The summed E-state index contributed by atoms with van der Waals surface area (Å²) >= 11 is 0. The molecule has 39 heteroatoms. The van der Waals surface area contributed by atoms with E-state index in [4.69, 9.17) is 56.8 Å². The van der Waals surface area contributed by atoms with E-state index in [0.29, 0.717) is 12.8 Å². The van der Waals surface area contributed by atoms with Crippen LogP contribution in [-0.4, -0.2) is 374 Å². The summed E-state index contributed by atoms with van der Waals surface area (Å²) in [5.41, 5.74) is 0. The normalized spacial score (nSPS) is 35.6. The molecule has 0 bridgehead atoms. The molecule has 6 aliphatic heterocycles. The Balaban J connectivity index is 1.09. The number of nitrogens with one attached hydrogen (secondary N) is 3. The number of unbranched alkanes of at least 4 members (excludes halogenated alkanes) is 29. The van der Waals surface area contributed by atoms with E-state index in [1.807, 2.05) is 6.08 Å². The van der Waals surface area contributed by atoms with Gasteiger partial charge in [-0.1, -0.05) is 206 Å². The second-order valence-electron chi connectivity index (χ2n) is 33.5. The van der Waals surface area contributed by atoms with Crippen molar-refractivity contribution in [2.45, 2.75) is 441 Å². The quantitative estimate of drug-likeness (QED) is 0.0239. The van der Waals surface area contributed by atoms with E-state index in [1.165, 1.54) is 135 Å². The summed E-state index contributed by atoms with van der Waals surface area (Å²) < 4.78 is 70.5. The highest BCUT2D eigenvalue weighted by Crippen LogP contribution is 2.41. The van der Waals surface area contributed by atoms with Crippen molar-refractivity contribution in [3.05, 3.63) is 12.2 Å². The van der Waals surface area contributed by atoms with Crippen LogP contribution in [0.1, 0.15) is 240 Å². The predicted molar refractivity (Wildman–Crippen MR) is 429 cm³/mol.